The zero-order valence-electron chi connectivity index (χ0n) is 13.8. The molecule has 2 N–H and O–H groups in total. The van der Waals surface area contributed by atoms with Crippen LogP contribution in [0.1, 0.15) is 46.6 Å². The van der Waals surface area contributed by atoms with E-state index in [0.29, 0.717) is 6.04 Å². The van der Waals surface area contributed by atoms with Gasteiger partial charge >= 0.3 is 0 Å². The monoisotopic (exact) mass is 325 g/mol. The Hall–Kier alpha value is -2.21. The van der Waals surface area contributed by atoms with Crippen molar-refractivity contribution in [3.8, 4) is 0 Å². The van der Waals surface area contributed by atoms with Gasteiger partial charge in [-0.15, -0.1) is 0 Å². The molecule has 1 aliphatic carbocycles. The molecule has 1 fully saturated rings. The van der Waals surface area contributed by atoms with Crippen molar-refractivity contribution in [1.29, 1.82) is 0 Å². The number of fused-ring (bicyclic) bond motifs is 1. The number of hydrogen-bond donors (Lipinski definition) is 2. The summed E-state index contributed by atoms with van der Waals surface area (Å²) in [4.78, 5) is 18.4. The van der Waals surface area contributed by atoms with Gasteiger partial charge in [-0.1, -0.05) is 0 Å². The maximum absolute atomic E-state index is 12.4. The van der Waals surface area contributed by atoms with Gasteiger partial charge in [0.2, 0.25) is 0 Å². The molecule has 3 heterocycles. The minimum Gasteiger partial charge on any atom is -0.339 e. The second-order valence-corrected chi connectivity index (χ2v) is 6.66. The maximum Gasteiger partial charge on any atom is 0.253 e. The fraction of sp³-hybridized carbons (Fsp3) is 0.500. The van der Waals surface area contributed by atoms with E-state index in [9.17, 15) is 4.79 Å². The molecule has 0 unspecified atom stereocenters. The molecule has 0 bridgehead atoms. The SMILES string of the molecule is O=C(c1ccncc1)N1CCC(NCc2n[nH]c3c2CCC3)CC1. The number of carbonyl (C=O) groups excluding carboxylic acids is 1. The number of aromatic amines is 1. The molecule has 6 nitrogen and oxygen atoms in total. The van der Waals surface area contributed by atoms with Gasteiger partial charge < -0.3 is 10.2 Å². The van der Waals surface area contributed by atoms with Gasteiger partial charge in [0, 0.05) is 49.3 Å². The maximum atomic E-state index is 12.4. The van der Waals surface area contributed by atoms with E-state index in [1.165, 1.54) is 23.4 Å². The van der Waals surface area contributed by atoms with E-state index in [-0.39, 0.29) is 5.91 Å². The molecule has 0 saturated carbocycles. The van der Waals surface area contributed by atoms with E-state index in [2.05, 4.69) is 20.5 Å². The molecular formula is C18H23N5O. The lowest BCUT2D eigenvalue weighted by molar-refractivity contribution is 0.0704. The second-order valence-electron chi connectivity index (χ2n) is 6.66. The minimum atomic E-state index is 0.112. The van der Waals surface area contributed by atoms with Crippen molar-refractivity contribution < 1.29 is 4.79 Å². The molecule has 126 valence electrons. The van der Waals surface area contributed by atoms with Gasteiger partial charge in [0.05, 0.1) is 5.69 Å². The number of nitrogens with one attached hydrogen (secondary N) is 2. The van der Waals surface area contributed by atoms with Crippen molar-refractivity contribution in [2.24, 2.45) is 0 Å². The molecule has 0 aromatic carbocycles. The van der Waals surface area contributed by atoms with E-state index in [1.54, 1.807) is 24.5 Å². The first-order valence-corrected chi connectivity index (χ1v) is 8.79. The van der Waals surface area contributed by atoms with Crippen molar-refractivity contribution in [1.82, 2.24) is 25.4 Å². The summed E-state index contributed by atoms with van der Waals surface area (Å²) in [6.07, 6.45) is 8.85. The van der Waals surface area contributed by atoms with Gasteiger partial charge in [-0.3, -0.25) is 14.9 Å². The van der Waals surface area contributed by atoms with Crippen LogP contribution < -0.4 is 5.32 Å². The van der Waals surface area contributed by atoms with Gasteiger partial charge in [0.15, 0.2) is 0 Å². The predicted molar refractivity (Wildman–Crippen MR) is 90.6 cm³/mol. The molecule has 0 spiro atoms. The van der Waals surface area contributed by atoms with E-state index in [4.69, 9.17) is 0 Å². The Labute approximate surface area is 141 Å². The summed E-state index contributed by atoms with van der Waals surface area (Å²) in [5.74, 6) is 0.112. The number of hydrogen-bond acceptors (Lipinski definition) is 4. The Kier molecular flexibility index (Phi) is 4.30. The first-order chi connectivity index (χ1) is 11.8. The molecule has 0 radical (unpaired) electrons. The molecule has 4 rings (SSSR count). The van der Waals surface area contributed by atoms with E-state index in [0.717, 1.165) is 50.9 Å². The Bertz CT molecular complexity index is 703. The van der Waals surface area contributed by atoms with Gasteiger partial charge in [0.1, 0.15) is 0 Å². The van der Waals surface area contributed by atoms with Crippen molar-refractivity contribution in [2.45, 2.75) is 44.7 Å². The van der Waals surface area contributed by atoms with Gasteiger partial charge in [-0.25, -0.2) is 0 Å². The molecule has 2 aromatic heterocycles. The summed E-state index contributed by atoms with van der Waals surface area (Å²) >= 11 is 0. The van der Waals surface area contributed by atoms with Crippen LogP contribution in [-0.2, 0) is 19.4 Å². The molecule has 1 amide bonds. The Morgan fingerprint density at radius 2 is 2.04 bits per heavy atom. The quantitative estimate of drug-likeness (QED) is 0.897. The standard InChI is InChI=1S/C18H23N5O/c24-18(13-4-8-19-9-5-13)23-10-6-14(7-11-23)20-12-17-15-2-1-3-16(15)21-22-17/h4-5,8-9,14,20H,1-3,6-7,10-12H2,(H,21,22). The smallest absolute Gasteiger partial charge is 0.253 e. The summed E-state index contributed by atoms with van der Waals surface area (Å²) in [6, 6.07) is 4.02. The van der Waals surface area contributed by atoms with Crippen LogP contribution in [0.3, 0.4) is 0 Å². The van der Waals surface area contributed by atoms with E-state index < -0.39 is 0 Å². The average Bonchev–Trinajstić information content (AvgIpc) is 3.25. The van der Waals surface area contributed by atoms with Gasteiger partial charge in [-0.05, 0) is 49.8 Å². The highest BCUT2D eigenvalue weighted by atomic mass is 16.2. The number of amides is 1. The number of aromatic nitrogens is 3. The third-order valence-corrected chi connectivity index (χ3v) is 5.16. The summed E-state index contributed by atoms with van der Waals surface area (Å²) in [5, 5.41) is 11.2. The van der Waals surface area contributed by atoms with Crippen LogP contribution >= 0.6 is 0 Å². The lowest BCUT2D eigenvalue weighted by Crippen LogP contribution is -2.44. The van der Waals surface area contributed by atoms with Crippen molar-refractivity contribution in [2.75, 3.05) is 13.1 Å². The topological polar surface area (TPSA) is 73.9 Å². The third-order valence-electron chi connectivity index (χ3n) is 5.16. The second kappa shape index (κ2) is 6.73. The summed E-state index contributed by atoms with van der Waals surface area (Å²) in [7, 11) is 0. The number of rotatable bonds is 4. The van der Waals surface area contributed by atoms with Crippen molar-refractivity contribution in [3.05, 3.63) is 47.0 Å². The van der Waals surface area contributed by atoms with E-state index in [1.807, 2.05) is 4.90 Å². The van der Waals surface area contributed by atoms with Crippen LogP contribution in [0.4, 0.5) is 0 Å². The molecule has 1 saturated heterocycles. The van der Waals surface area contributed by atoms with Gasteiger partial charge in [-0.2, -0.15) is 5.10 Å². The normalized spacial score (nSPS) is 17.9. The average molecular weight is 325 g/mol. The number of aryl methyl sites for hydroxylation is 1. The number of pyridine rings is 1. The zero-order chi connectivity index (χ0) is 16.4. The van der Waals surface area contributed by atoms with Crippen LogP contribution in [0.15, 0.2) is 24.5 Å². The summed E-state index contributed by atoms with van der Waals surface area (Å²) in [6.45, 7) is 2.43. The Morgan fingerprint density at radius 1 is 1.25 bits per heavy atom. The molecule has 0 atom stereocenters. The van der Waals surface area contributed by atoms with Crippen LogP contribution in [0, 0.1) is 0 Å². The number of nitrogens with zero attached hydrogens (tertiary/aromatic N) is 3. The highest BCUT2D eigenvalue weighted by Crippen LogP contribution is 2.23. The van der Waals surface area contributed by atoms with Crippen LogP contribution in [0.5, 0.6) is 0 Å². The molecule has 2 aromatic rings. The van der Waals surface area contributed by atoms with Crippen LogP contribution in [-0.4, -0.2) is 45.1 Å². The summed E-state index contributed by atoms with van der Waals surface area (Å²) < 4.78 is 0. The fourth-order valence-electron chi connectivity index (χ4n) is 3.74. The number of H-pyrrole nitrogens is 1. The first kappa shape index (κ1) is 15.3. The highest BCUT2D eigenvalue weighted by molar-refractivity contribution is 5.94. The van der Waals surface area contributed by atoms with Crippen molar-refractivity contribution >= 4 is 5.91 Å². The predicted octanol–water partition coefficient (Wildman–Crippen LogP) is 1.69. The van der Waals surface area contributed by atoms with E-state index >= 15 is 0 Å². The lowest BCUT2D eigenvalue weighted by atomic mass is 10.0. The molecule has 1 aliphatic heterocycles. The molecular weight excluding hydrogens is 302 g/mol. The minimum absolute atomic E-state index is 0.112. The van der Waals surface area contributed by atoms with Crippen LogP contribution in [0.2, 0.25) is 0 Å². The fourth-order valence-corrected chi connectivity index (χ4v) is 3.74. The number of piperidine rings is 1. The lowest BCUT2D eigenvalue weighted by Gasteiger charge is -2.32. The molecule has 24 heavy (non-hydrogen) atoms. The Morgan fingerprint density at radius 3 is 2.83 bits per heavy atom. The zero-order valence-corrected chi connectivity index (χ0v) is 13.8. The molecule has 2 aliphatic rings. The highest BCUT2D eigenvalue weighted by Gasteiger charge is 2.24. The third kappa shape index (κ3) is 3.06. The van der Waals surface area contributed by atoms with Crippen molar-refractivity contribution in [3.63, 3.8) is 0 Å². The number of carbonyl (C=O) groups is 1. The summed E-state index contributed by atoms with van der Waals surface area (Å²) in [5.41, 5.74) is 4.65. The number of likely N-dealkylation sites (tertiary alicyclic amines) is 1. The van der Waals surface area contributed by atoms with Crippen LogP contribution in [0.25, 0.3) is 0 Å². The largest absolute Gasteiger partial charge is 0.339 e. The Balaban J connectivity index is 1.28. The van der Waals surface area contributed by atoms with Gasteiger partial charge in [0.25, 0.3) is 5.91 Å². The first-order valence-electron chi connectivity index (χ1n) is 8.79. The molecule has 6 heteroatoms.